The zero-order chi connectivity index (χ0) is 10.7. The standard InChI is InChI=1S/C12H13ClOS/c13-12-10(6-7-15-12)11(14)8-9-4-2-1-3-5-9/h6-8H,1-5H2. The van der Waals surface area contributed by atoms with Crippen LogP contribution < -0.4 is 0 Å². The molecule has 0 amide bonds. The van der Waals surface area contributed by atoms with E-state index in [1.165, 1.54) is 36.2 Å². The average molecular weight is 241 g/mol. The zero-order valence-electron chi connectivity index (χ0n) is 8.46. The molecule has 1 heterocycles. The van der Waals surface area contributed by atoms with Gasteiger partial charge in [0.1, 0.15) is 4.34 Å². The largest absolute Gasteiger partial charge is 0.289 e. The summed E-state index contributed by atoms with van der Waals surface area (Å²) in [5, 5.41) is 1.86. The van der Waals surface area contributed by atoms with Gasteiger partial charge in [-0.25, -0.2) is 0 Å². The van der Waals surface area contributed by atoms with Crippen LogP contribution in [0.25, 0.3) is 0 Å². The van der Waals surface area contributed by atoms with E-state index in [-0.39, 0.29) is 5.78 Å². The lowest BCUT2D eigenvalue weighted by Gasteiger charge is -2.12. The quantitative estimate of drug-likeness (QED) is 0.551. The van der Waals surface area contributed by atoms with Crippen LogP contribution in [-0.4, -0.2) is 5.78 Å². The Hall–Kier alpha value is -0.600. The van der Waals surface area contributed by atoms with Crippen molar-refractivity contribution in [3.8, 4) is 0 Å². The van der Waals surface area contributed by atoms with E-state index in [1.807, 2.05) is 5.38 Å². The number of hydrogen-bond donors (Lipinski definition) is 0. The number of halogens is 1. The second kappa shape index (κ2) is 4.95. The lowest BCUT2D eigenvalue weighted by atomic mass is 9.93. The SMILES string of the molecule is O=C(C=C1CCCCC1)c1ccsc1Cl. The number of carbonyl (C=O) groups excluding carboxylic acids is 1. The van der Waals surface area contributed by atoms with Crippen LogP contribution in [0.1, 0.15) is 42.5 Å². The Morgan fingerprint density at radius 2 is 2.07 bits per heavy atom. The van der Waals surface area contributed by atoms with Gasteiger partial charge in [-0.05, 0) is 43.2 Å². The van der Waals surface area contributed by atoms with Crippen molar-refractivity contribution in [1.29, 1.82) is 0 Å². The van der Waals surface area contributed by atoms with Crippen LogP contribution in [0, 0.1) is 0 Å². The van der Waals surface area contributed by atoms with E-state index < -0.39 is 0 Å². The topological polar surface area (TPSA) is 17.1 Å². The molecular formula is C12H13ClOS. The van der Waals surface area contributed by atoms with Crippen molar-refractivity contribution in [2.75, 3.05) is 0 Å². The van der Waals surface area contributed by atoms with Gasteiger partial charge in [-0.15, -0.1) is 11.3 Å². The third-order valence-electron chi connectivity index (χ3n) is 2.71. The molecule has 0 aromatic carbocycles. The molecule has 1 nitrogen and oxygen atoms in total. The molecule has 0 N–H and O–H groups in total. The molecule has 3 heteroatoms. The molecule has 0 saturated heterocycles. The van der Waals surface area contributed by atoms with Gasteiger partial charge >= 0.3 is 0 Å². The van der Waals surface area contributed by atoms with Crippen LogP contribution in [0.3, 0.4) is 0 Å². The number of thiophene rings is 1. The first kappa shape index (κ1) is 10.9. The Labute approximate surface area is 98.8 Å². The summed E-state index contributed by atoms with van der Waals surface area (Å²) in [6.07, 6.45) is 7.67. The molecule has 80 valence electrons. The predicted octanol–water partition coefficient (Wildman–Crippen LogP) is 4.47. The second-order valence-corrected chi connectivity index (χ2v) is 5.35. The molecule has 0 atom stereocenters. The van der Waals surface area contributed by atoms with Crippen LogP contribution in [0.15, 0.2) is 23.1 Å². The normalized spacial score (nSPS) is 16.5. The maximum absolute atomic E-state index is 11.8. The molecule has 1 aliphatic rings. The number of carbonyl (C=O) groups is 1. The third-order valence-corrected chi connectivity index (χ3v) is 3.88. The average Bonchev–Trinajstić information content (AvgIpc) is 2.66. The van der Waals surface area contributed by atoms with Crippen molar-refractivity contribution < 1.29 is 4.79 Å². The summed E-state index contributed by atoms with van der Waals surface area (Å²) in [7, 11) is 0. The summed E-state index contributed by atoms with van der Waals surface area (Å²) in [4.78, 5) is 11.8. The van der Waals surface area contributed by atoms with Crippen molar-refractivity contribution in [2.24, 2.45) is 0 Å². The van der Waals surface area contributed by atoms with Gasteiger partial charge in [0, 0.05) is 0 Å². The van der Waals surface area contributed by atoms with E-state index in [0.717, 1.165) is 12.8 Å². The maximum atomic E-state index is 11.8. The number of rotatable bonds is 2. The molecule has 0 aliphatic heterocycles. The Kier molecular flexibility index (Phi) is 3.60. The summed E-state index contributed by atoms with van der Waals surface area (Å²) in [5.74, 6) is 0.0677. The molecule has 0 radical (unpaired) electrons. The van der Waals surface area contributed by atoms with Gasteiger partial charge in [0.05, 0.1) is 5.56 Å². The first-order chi connectivity index (χ1) is 7.27. The van der Waals surface area contributed by atoms with Gasteiger partial charge in [-0.3, -0.25) is 4.79 Å². The fourth-order valence-corrected chi connectivity index (χ4v) is 2.81. The van der Waals surface area contributed by atoms with Crippen LogP contribution in [-0.2, 0) is 0 Å². The molecule has 1 fully saturated rings. The van der Waals surface area contributed by atoms with Crippen LogP contribution in [0.4, 0.5) is 0 Å². The first-order valence-electron chi connectivity index (χ1n) is 5.24. The van der Waals surface area contributed by atoms with Crippen molar-refractivity contribution in [3.63, 3.8) is 0 Å². The van der Waals surface area contributed by atoms with Crippen molar-refractivity contribution in [2.45, 2.75) is 32.1 Å². The van der Waals surface area contributed by atoms with Crippen molar-refractivity contribution >= 4 is 28.7 Å². The third kappa shape index (κ3) is 2.70. The van der Waals surface area contributed by atoms with Gasteiger partial charge in [0.2, 0.25) is 0 Å². The summed E-state index contributed by atoms with van der Waals surface area (Å²) in [6, 6.07) is 1.80. The smallest absolute Gasteiger partial charge is 0.188 e. The van der Waals surface area contributed by atoms with E-state index >= 15 is 0 Å². The number of hydrogen-bond acceptors (Lipinski definition) is 2. The molecule has 1 aliphatic carbocycles. The van der Waals surface area contributed by atoms with Gasteiger partial charge in [-0.1, -0.05) is 23.6 Å². The molecule has 0 spiro atoms. The molecule has 0 unspecified atom stereocenters. The van der Waals surface area contributed by atoms with E-state index in [9.17, 15) is 4.79 Å². The van der Waals surface area contributed by atoms with Gasteiger partial charge < -0.3 is 0 Å². The monoisotopic (exact) mass is 240 g/mol. The van der Waals surface area contributed by atoms with E-state index in [2.05, 4.69) is 0 Å². The first-order valence-corrected chi connectivity index (χ1v) is 6.50. The van der Waals surface area contributed by atoms with Gasteiger partial charge in [0.15, 0.2) is 5.78 Å². The molecule has 15 heavy (non-hydrogen) atoms. The Morgan fingerprint density at radius 1 is 1.33 bits per heavy atom. The Balaban J connectivity index is 2.12. The predicted molar refractivity (Wildman–Crippen MR) is 64.8 cm³/mol. The Bertz CT molecular complexity index is 384. The highest BCUT2D eigenvalue weighted by atomic mass is 35.5. The van der Waals surface area contributed by atoms with Crippen molar-refractivity contribution in [1.82, 2.24) is 0 Å². The number of allylic oxidation sites excluding steroid dienone is 2. The molecule has 1 aromatic rings. The maximum Gasteiger partial charge on any atom is 0.188 e. The van der Waals surface area contributed by atoms with Crippen molar-refractivity contribution in [3.05, 3.63) is 33.0 Å². The summed E-state index contributed by atoms with van der Waals surface area (Å²) >= 11 is 7.33. The molecule has 0 bridgehead atoms. The minimum atomic E-state index is 0.0677. The van der Waals surface area contributed by atoms with E-state index in [1.54, 1.807) is 12.1 Å². The highest BCUT2D eigenvalue weighted by Gasteiger charge is 2.11. The summed E-state index contributed by atoms with van der Waals surface area (Å²) < 4.78 is 0.604. The van der Waals surface area contributed by atoms with Crippen LogP contribution in [0.5, 0.6) is 0 Å². The molecule has 1 saturated carbocycles. The van der Waals surface area contributed by atoms with Crippen LogP contribution >= 0.6 is 22.9 Å². The molecule has 1 aromatic heterocycles. The number of ketones is 1. The second-order valence-electron chi connectivity index (χ2n) is 3.84. The highest BCUT2D eigenvalue weighted by molar-refractivity contribution is 7.14. The molecular weight excluding hydrogens is 228 g/mol. The fourth-order valence-electron chi connectivity index (χ4n) is 1.88. The van der Waals surface area contributed by atoms with Gasteiger partial charge in [0.25, 0.3) is 0 Å². The van der Waals surface area contributed by atoms with Crippen LogP contribution in [0.2, 0.25) is 4.34 Å². The minimum Gasteiger partial charge on any atom is -0.289 e. The van der Waals surface area contributed by atoms with Gasteiger partial charge in [-0.2, -0.15) is 0 Å². The zero-order valence-corrected chi connectivity index (χ0v) is 10.0. The minimum absolute atomic E-state index is 0.0677. The van der Waals surface area contributed by atoms with E-state index in [4.69, 9.17) is 11.6 Å². The fraction of sp³-hybridized carbons (Fsp3) is 0.417. The molecule has 2 rings (SSSR count). The lowest BCUT2D eigenvalue weighted by Crippen LogP contribution is -1.99. The van der Waals surface area contributed by atoms with E-state index in [0.29, 0.717) is 9.90 Å². The highest BCUT2D eigenvalue weighted by Crippen LogP contribution is 2.26. The summed E-state index contributed by atoms with van der Waals surface area (Å²) in [6.45, 7) is 0. The Morgan fingerprint density at radius 3 is 2.67 bits per heavy atom. The lowest BCUT2D eigenvalue weighted by molar-refractivity contribution is 0.104. The summed E-state index contributed by atoms with van der Waals surface area (Å²) in [5.41, 5.74) is 1.94.